The van der Waals surface area contributed by atoms with E-state index in [4.69, 9.17) is 4.42 Å². The molecule has 0 radical (unpaired) electrons. The van der Waals surface area contributed by atoms with Crippen molar-refractivity contribution in [1.82, 2.24) is 0 Å². The molecule has 0 atom stereocenters. The van der Waals surface area contributed by atoms with Crippen molar-refractivity contribution in [3.63, 3.8) is 0 Å². The number of rotatable bonds is 5. The molecule has 0 unspecified atom stereocenters. The fraction of sp³-hybridized carbons (Fsp3) is 0.162. The Morgan fingerprint density at radius 2 is 0.829 bits per heavy atom. The Balaban J connectivity index is 0.000000383. The van der Waals surface area contributed by atoms with Gasteiger partial charge in [0.25, 0.3) is 0 Å². The van der Waals surface area contributed by atoms with Crippen LogP contribution in [0.3, 0.4) is 0 Å². The first-order valence-electron chi connectivity index (χ1n) is 26.8. The fourth-order valence-electron chi connectivity index (χ4n) is 11.6. The van der Waals surface area contributed by atoms with E-state index in [2.05, 4.69) is 273 Å². The van der Waals surface area contributed by atoms with Crippen LogP contribution >= 0.6 is 0 Å². The van der Waals surface area contributed by atoms with Gasteiger partial charge in [0.05, 0.1) is 11.1 Å². The van der Waals surface area contributed by atoms with Gasteiger partial charge in [-0.3, -0.25) is 0 Å². The number of anilines is 3. The molecule has 1 aromatic heterocycles. The first kappa shape index (κ1) is 49.7. The molecule has 0 saturated carbocycles. The lowest BCUT2D eigenvalue weighted by Crippen LogP contribution is -2.29. The van der Waals surface area contributed by atoms with E-state index in [0.717, 1.165) is 39.0 Å². The van der Waals surface area contributed by atoms with Crippen molar-refractivity contribution in [2.24, 2.45) is 0 Å². The van der Waals surface area contributed by atoms with Crippen LogP contribution in [-0.2, 0) is 16.2 Å². The van der Waals surface area contributed by atoms with E-state index in [0.29, 0.717) is 0 Å². The molecule has 12 aromatic rings. The highest BCUT2D eigenvalue weighted by Gasteiger charge is 2.49. The van der Waals surface area contributed by atoms with Crippen molar-refractivity contribution in [2.75, 3.05) is 4.90 Å². The van der Waals surface area contributed by atoms with Crippen molar-refractivity contribution in [2.45, 2.75) is 78.6 Å². The Kier molecular flexibility index (Phi) is 13.1. The monoisotopic (exact) mass is 986 g/mol. The van der Waals surface area contributed by atoms with Crippen LogP contribution in [0.4, 0.5) is 17.1 Å². The zero-order chi connectivity index (χ0) is 52.8. The average molecular weight is 986 g/mol. The molecule has 374 valence electrons. The first-order chi connectivity index (χ1) is 36.7. The number of hydrogen-bond acceptors (Lipinski definition) is 2. The van der Waals surface area contributed by atoms with Crippen LogP contribution < -0.4 is 4.90 Å². The molecule has 0 fully saturated rings. The summed E-state index contributed by atoms with van der Waals surface area (Å²) >= 11 is 0. The second-order valence-electron chi connectivity index (χ2n) is 22.7. The van der Waals surface area contributed by atoms with Gasteiger partial charge in [-0.05, 0) is 123 Å². The van der Waals surface area contributed by atoms with Gasteiger partial charge in [0.2, 0.25) is 0 Å². The van der Waals surface area contributed by atoms with E-state index in [1.165, 1.54) is 82.7 Å². The molecule has 11 aromatic carbocycles. The number of hydrogen-bond donors (Lipinski definition) is 0. The smallest absolute Gasteiger partial charge is 0.140 e. The topological polar surface area (TPSA) is 16.4 Å². The molecule has 1 heterocycles. The Morgan fingerprint density at radius 1 is 0.395 bits per heavy atom. The fourth-order valence-corrected chi connectivity index (χ4v) is 11.6. The standard InChI is InChI=1S/C60H51NO.2C7H8/c1-38-36-51-54(47-24-16-14-22-45(38)47)49-34-35-50-55-48-25-17-15-23-46(48)52(61(43-18-10-8-11-19-43)44-20-12-9-13-21-44)37-53(55)62-57(50)56(49)60(51,41-30-26-39(27-31-41)58(2,3)4)42-32-28-40(29-33-42)59(5,6)7;2*1-7-5-3-2-4-6-7/h8-37H,1-7H3;2*2-6H,1H3. The van der Waals surface area contributed by atoms with Crippen molar-refractivity contribution in [3.8, 4) is 11.1 Å². The minimum absolute atomic E-state index is 0.0104. The molecule has 0 saturated heterocycles. The highest BCUT2D eigenvalue weighted by atomic mass is 16.3. The molecule has 13 rings (SSSR count). The summed E-state index contributed by atoms with van der Waals surface area (Å²) in [5, 5.41) is 7.16. The van der Waals surface area contributed by atoms with Gasteiger partial charge < -0.3 is 9.32 Å². The van der Waals surface area contributed by atoms with Crippen LogP contribution in [0.15, 0.2) is 247 Å². The van der Waals surface area contributed by atoms with Crippen molar-refractivity contribution < 1.29 is 4.42 Å². The van der Waals surface area contributed by atoms with Crippen LogP contribution in [0.1, 0.15) is 91.6 Å². The molecule has 76 heavy (non-hydrogen) atoms. The lowest BCUT2D eigenvalue weighted by Gasteiger charge is -2.35. The van der Waals surface area contributed by atoms with Crippen LogP contribution in [-0.4, -0.2) is 0 Å². The summed E-state index contributed by atoms with van der Waals surface area (Å²) in [6.45, 7) is 20.2. The van der Waals surface area contributed by atoms with Crippen molar-refractivity contribution in [1.29, 1.82) is 0 Å². The van der Waals surface area contributed by atoms with Crippen LogP contribution in [0.5, 0.6) is 0 Å². The van der Waals surface area contributed by atoms with Gasteiger partial charge in [0.1, 0.15) is 11.2 Å². The number of para-hydroxylation sites is 2. The summed E-state index contributed by atoms with van der Waals surface area (Å²) in [4.78, 5) is 2.36. The average Bonchev–Trinajstić information content (AvgIpc) is 4.14. The summed E-state index contributed by atoms with van der Waals surface area (Å²) in [6.07, 6.45) is 0. The predicted molar refractivity (Wildman–Crippen MR) is 325 cm³/mol. The summed E-state index contributed by atoms with van der Waals surface area (Å²) < 4.78 is 7.57. The minimum Gasteiger partial charge on any atom is -0.456 e. The van der Waals surface area contributed by atoms with Gasteiger partial charge in [0, 0.05) is 39.2 Å². The Bertz CT molecular complexity index is 3850. The zero-order valence-electron chi connectivity index (χ0n) is 45.4. The molecule has 0 aliphatic heterocycles. The van der Waals surface area contributed by atoms with E-state index in [1.54, 1.807) is 0 Å². The Labute approximate surface area is 449 Å². The zero-order valence-corrected chi connectivity index (χ0v) is 45.4. The number of aryl methyl sites for hydroxylation is 3. The first-order valence-corrected chi connectivity index (χ1v) is 26.8. The lowest BCUT2D eigenvalue weighted by molar-refractivity contribution is 0.588. The second-order valence-corrected chi connectivity index (χ2v) is 22.7. The van der Waals surface area contributed by atoms with E-state index >= 15 is 0 Å². The van der Waals surface area contributed by atoms with Crippen LogP contribution in [0.2, 0.25) is 0 Å². The van der Waals surface area contributed by atoms with Gasteiger partial charge in [-0.2, -0.15) is 0 Å². The summed E-state index contributed by atoms with van der Waals surface area (Å²) in [5.74, 6) is 0. The van der Waals surface area contributed by atoms with Crippen molar-refractivity contribution in [3.05, 3.63) is 293 Å². The minimum atomic E-state index is -0.682. The van der Waals surface area contributed by atoms with E-state index < -0.39 is 5.41 Å². The predicted octanol–water partition coefficient (Wildman–Crippen LogP) is 20.6. The van der Waals surface area contributed by atoms with Crippen LogP contribution in [0, 0.1) is 20.8 Å². The molecule has 1 aliphatic carbocycles. The highest BCUT2D eigenvalue weighted by Crippen LogP contribution is 2.61. The summed E-state index contributed by atoms with van der Waals surface area (Å²) in [6, 6.07) is 88.2. The third-order valence-corrected chi connectivity index (χ3v) is 15.4. The maximum absolute atomic E-state index is 7.57. The van der Waals surface area contributed by atoms with Gasteiger partial charge in [-0.1, -0.05) is 259 Å². The SMILES string of the molecule is Cc1cc2c(c3ccccc13)-c1ccc3c(oc4cc(N(c5ccccc5)c5ccccc5)c5ccccc5c43)c1C2(c1ccc(C(C)(C)C)cc1)c1ccc(C(C)(C)C)cc1.Cc1ccccc1.Cc1ccccc1. The van der Waals surface area contributed by atoms with Crippen LogP contribution in [0.25, 0.3) is 54.6 Å². The summed E-state index contributed by atoms with van der Waals surface area (Å²) in [7, 11) is 0. The molecular formula is C74H67NO. The Hall–Kier alpha value is -8.46. The number of benzene rings is 11. The summed E-state index contributed by atoms with van der Waals surface area (Å²) in [5.41, 5.74) is 18.4. The van der Waals surface area contributed by atoms with Gasteiger partial charge in [-0.15, -0.1) is 0 Å². The number of nitrogens with zero attached hydrogens (tertiary/aromatic N) is 1. The van der Waals surface area contributed by atoms with E-state index in [-0.39, 0.29) is 10.8 Å². The Morgan fingerprint density at radius 3 is 1.29 bits per heavy atom. The highest BCUT2D eigenvalue weighted by molar-refractivity contribution is 6.24. The molecule has 0 spiro atoms. The van der Waals surface area contributed by atoms with Gasteiger partial charge >= 0.3 is 0 Å². The van der Waals surface area contributed by atoms with Gasteiger partial charge in [-0.25, -0.2) is 0 Å². The third-order valence-electron chi connectivity index (χ3n) is 15.4. The largest absolute Gasteiger partial charge is 0.456 e. The van der Waals surface area contributed by atoms with E-state index in [1.807, 2.05) is 36.4 Å². The molecule has 0 bridgehead atoms. The normalized spacial score (nSPS) is 12.6. The molecule has 2 heteroatoms. The molecule has 1 aliphatic rings. The van der Waals surface area contributed by atoms with Crippen molar-refractivity contribution >= 4 is 60.5 Å². The molecule has 0 N–H and O–H groups in total. The molecule has 2 nitrogen and oxygen atoms in total. The maximum Gasteiger partial charge on any atom is 0.140 e. The quantitative estimate of drug-likeness (QED) is 0.171. The van der Waals surface area contributed by atoms with E-state index in [9.17, 15) is 0 Å². The maximum atomic E-state index is 7.57. The number of furan rings is 1. The molecular weight excluding hydrogens is 919 g/mol. The molecule has 0 amide bonds. The lowest BCUT2D eigenvalue weighted by atomic mass is 9.66. The third kappa shape index (κ3) is 8.96. The van der Waals surface area contributed by atoms with Gasteiger partial charge in [0.15, 0.2) is 0 Å². The number of fused-ring (bicyclic) bond motifs is 11. The second kappa shape index (κ2) is 20.0.